The minimum Gasteiger partial charge on any atom is -0.459 e. The zero-order chi connectivity index (χ0) is 17.9. The molecular weight excluding hydrogens is 352 g/mol. The maximum atomic E-state index is 12.4. The summed E-state index contributed by atoms with van der Waals surface area (Å²) in [5.74, 6) is 1.93. The van der Waals surface area contributed by atoms with Crippen LogP contribution in [0.4, 0.5) is 5.13 Å². The van der Waals surface area contributed by atoms with Crippen LogP contribution in [0.5, 0.6) is 0 Å². The lowest BCUT2D eigenvalue weighted by molar-refractivity contribution is -0.115. The average Bonchev–Trinajstić information content (AvgIpc) is 3.38. The summed E-state index contributed by atoms with van der Waals surface area (Å²) in [4.78, 5) is 22.3. The summed E-state index contributed by atoms with van der Waals surface area (Å²) in [5, 5.41) is 6.86. The number of oxazole rings is 1. The van der Waals surface area contributed by atoms with Crippen LogP contribution in [-0.2, 0) is 11.2 Å². The summed E-state index contributed by atoms with van der Waals surface area (Å²) in [6, 6.07) is 3.54. The molecule has 1 aliphatic heterocycles. The second kappa shape index (κ2) is 7.43. The minimum atomic E-state index is -0.154. The molecule has 3 aromatic rings. The summed E-state index contributed by atoms with van der Waals surface area (Å²) in [6.45, 7) is 3.86. The van der Waals surface area contributed by atoms with Crippen LogP contribution in [0.3, 0.4) is 0 Å². The second-order valence-corrected chi connectivity index (χ2v) is 7.38. The molecule has 136 valence electrons. The van der Waals surface area contributed by atoms with Crippen LogP contribution in [0.25, 0.3) is 11.7 Å². The van der Waals surface area contributed by atoms with Gasteiger partial charge in [-0.1, -0.05) is 0 Å². The van der Waals surface area contributed by atoms with Gasteiger partial charge in [0.15, 0.2) is 10.9 Å². The maximum Gasteiger partial charge on any atom is 0.263 e. The van der Waals surface area contributed by atoms with Crippen molar-refractivity contribution >= 4 is 22.4 Å². The Morgan fingerprint density at radius 2 is 2.27 bits per heavy atom. The molecule has 2 N–H and O–H groups in total. The standard InChI is InChI=1S/C18H20N4O3S/c1-11-13(21-17(25-11)14-3-2-8-24-14)9-16(23)22-18-20-10-15(26-18)12-4-6-19-7-5-12/h2-3,8,10,12,19H,4-7,9H2,1H3,(H,20,22,23). The van der Waals surface area contributed by atoms with Crippen molar-refractivity contribution in [2.24, 2.45) is 0 Å². The lowest BCUT2D eigenvalue weighted by atomic mass is 9.97. The van der Waals surface area contributed by atoms with Crippen LogP contribution < -0.4 is 10.6 Å². The molecule has 0 spiro atoms. The Balaban J connectivity index is 1.39. The molecule has 0 atom stereocenters. The fraction of sp³-hybridized carbons (Fsp3) is 0.389. The molecule has 4 heterocycles. The predicted molar refractivity (Wildman–Crippen MR) is 98.2 cm³/mol. The highest BCUT2D eigenvalue weighted by atomic mass is 32.1. The Morgan fingerprint density at radius 3 is 3.04 bits per heavy atom. The van der Waals surface area contributed by atoms with Gasteiger partial charge in [0.1, 0.15) is 5.76 Å². The second-order valence-electron chi connectivity index (χ2n) is 6.32. The van der Waals surface area contributed by atoms with Crippen LogP contribution in [0.15, 0.2) is 33.4 Å². The third kappa shape index (κ3) is 3.71. The number of carbonyl (C=O) groups is 1. The van der Waals surface area contributed by atoms with Gasteiger partial charge >= 0.3 is 0 Å². The van der Waals surface area contributed by atoms with E-state index in [-0.39, 0.29) is 12.3 Å². The van der Waals surface area contributed by atoms with Crippen LogP contribution in [0.1, 0.15) is 35.1 Å². The molecule has 0 aliphatic carbocycles. The molecule has 1 fully saturated rings. The van der Waals surface area contributed by atoms with E-state index < -0.39 is 0 Å². The van der Waals surface area contributed by atoms with E-state index in [1.54, 1.807) is 36.7 Å². The van der Waals surface area contributed by atoms with Gasteiger partial charge in [0.2, 0.25) is 5.91 Å². The van der Waals surface area contributed by atoms with Crippen LogP contribution in [-0.4, -0.2) is 29.0 Å². The van der Waals surface area contributed by atoms with Crippen LogP contribution in [0, 0.1) is 6.92 Å². The molecule has 1 saturated heterocycles. The Bertz CT molecular complexity index is 878. The van der Waals surface area contributed by atoms with E-state index in [9.17, 15) is 4.79 Å². The van der Waals surface area contributed by atoms with Crippen molar-refractivity contribution in [1.82, 2.24) is 15.3 Å². The Kier molecular flexibility index (Phi) is 4.85. The van der Waals surface area contributed by atoms with Crippen molar-refractivity contribution in [1.29, 1.82) is 0 Å². The molecule has 0 unspecified atom stereocenters. The van der Waals surface area contributed by atoms with Gasteiger partial charge in [0, 0.05) is 11.1 Å². The maximum absolute atomic E-state index is 12.4. The van der Waals surface area contributed by atoms with Gasteiger partial charge < -0.3 is 19.5 Å². The van der Waals surface area contributed by atoms with Crippen LogP contribution in [0.2, 0.25) is 0 Å². The molecular formula is C18H20N4O3S. The molecule has 3 aromatic heterocycles. The predicted octanol–water partition coefficient (Wildman–Crippen LogP) is 3.35. The normalized spacial score (nSPS) is 15.3. The van der Waals surface area contributed by atoms with E-state index in [2.05, 4.69) is 20.6 Å². The molecule has 0 saturated carbocycles. The Hall–Kier alpha value is -2.45. The largest absolute Gasteiger partial charge is 0.459 e. The minimum absolute atomic E-state index is 0.137. The van der Waals surface area contributed by atoms with Crippen molar-refractivity contribution in [3.63, 3.8) is 0 Å². The molecule has 0 radical (unpaired) electrons. The SMILES string of the molecule is Cc1oc(-c2ccco2)nc1CC(=O)Nc1ncc(C2CCNCC2)s1. The quantitative estimate of drug-likeness (QED) is 0.713. The van der Waals surface area contributed by atoms with E-state index in [1.165, 1.54) is 4.88 Å². The molecule has 7 nitrogen and oxygen atoms in total. The number of hydrogen-bond acceptors (Lipinski definition) is 7. The van der Waals surface area contributed by atoms with E-state index in [0.717, 1.165) is 25.9 Å². The molecule has 1 amide bonds. The molecule has 4 rings (SSSR count). The molecule has 0 bridgehead atoms. The highest BCUT2D eigenvalue weighted by Gasteiger charge is 2.20. The van der Waals surface area contributed by atoms with E-state index in [4.69, 9.17) is 8.83 Å². The zero-order valence-corrected chi connectivity index (χ0v) is 15.3. The monoisotopic (exact) mass is 372 g/mol. The summed E-state index contributed by atoms with van der Waals surface area (Å²) in [7, 11) is 0. The molecule has 0 aromatic carbocycles. The highest BCUT2D eigenvalue weighted by Crippen LogP contribution is 2.31. The zero-order valence-electron chi connectivity index (χ0n) is 14.4. The van der Waals surface area contributed by atoms with Crippen molar-refractivity contribution < 1.29 is 13.6 Å². The van der Waals surface area contributed by atoms with Gasteiger partial charge in [0.25, 0.3) is 5.89 Å². The smallest absolute Gasteiger partial charge is 0.263 e. The van der Waals surface area contributed by atoms with Gasteiger partial charge in [-0.15, -0.1) is 11.3 Å². The Morgan fingerprint density at radius 1 is 1.42 bits per heavy atom. The first-order valence-corrected chi connectivity index (χ1v) is 9.47. The number of furan rings is 1. The summed E-state index contributed by atoms with van der Waals surface area (Å²) in [5.41, 5.74) is 0.601. The van der Waals surface area contributed by atoms with Crippen molar-refractivity contribution in [2.45, 2.75) is 32.1 Å². The van der Waals surface area contributed by atoms with Gasteiger partial charge in [-0.25, -0.2) is 9.97 Å². The number of aromatic nitrogens is 2. The van der Waals surface area contributed by atoms with Gasteiger partial charge in [0.05, 0.1) is 18.4 Å². The number of amides is 1. The highest BCUT2D eigenvalue weighted by molar-refractivity contribution is 7.15. The topological polar surface area (TPSA) is 93.2 Å². The number of nitrogens with one attached hydrogen (secondary N) is 2. The fourth-order valence-corrected chi connectivity index (χ4v) is 4.05. The third-order valence-electron chi connectivity index (χ3n) is 4.46. The first kappa shape index (κ1) is 17.0. The molecule has 1 aliphatic rings. The molecule has 26 heavy (non-hydrogen) atoms. The van der Waals surface area contributed by atoms with E-state index in [0.29, 0.717) is 34.2 Å². The lowest BCUT2D eigenvalue weighted by Crippen LogP contribution is -2.26. The Labute approximate surface area is 154 Å². The number of piperidine rings is 1. The number of hydrogen-bond donors (Lipinski definition) is 2. The van der Waals surface area contributed by atoms with Gasteiger partial charge in [-0.2, -0.15) is 0 Å². The van der Waals surface area contributed by atoms with Gasteiger partial charge in [-0.05, 0) is 50.9 Å². The van der Waals surface area contributed by atoms with Crippen LogP contribution >= 0.6 is 11.3 Å². The summed E-state index contributed by atoms with van der Waals surface area (Å²) >= 11 is 1.56. The van der Waals surface area contributed by atoms with Crippen molar-refractivity contribution in [2.75, 3.05) is 18.4 Å². The number of rotatable bonds is 5. The number of carbonyl (C=O) groups excluding carboxylic acids is 1. The van der Waals surface area contributed by atoms with E-state index in [1.807, 2.05) is 6.20 Å². The fourth-order valence-electron chi connectivity index (χ4n) is 3.05. The number of thiazole rings is 1. The summed E-state index contributed by atoms with van der Waals surface area (Å²) in [6.07, 6.45) is 5.81. The first-order chi connectivity index (χ1) is 12.7. The number of aryl methyl sites for hydroxylation is 1. The number of anilines is 1. The van der Waals surface area contributed by atoms with Crippen molar-refractivity contribution in [3.8, 4) is 11.7 Å². The van der Waals surface area contributed by atoms with Gasteiger partial charge in [-0.3, -0.25) is 4.79 Å². The lowest BCUT2D eigenvalue weighted by Gasteiger charge is -2.20. The molecule has 8 heteroatoms. The number of nitrogens with zero attached hydrogens (tertiary/aromatic N) is 2. The summed E-state index contributed by atoms with van der Waals surface area (Å²) < 4.78 is 10.9. The van der Waals surface area contributed by atoms with Crippen molar-refractivity contribution in [3.05, 3.63) is 40.9 Å². The first-order valence-electron chi connectivity index (χ1n) is 8.65. The van der Waals surface area contributed by atoms with E-state index >= 15 is 0 Å². The third-order valence-corrected chi connectivity index (χ3v) is 5.54. The average molecular weight is 372 g/mol.